The summed E-state index contributed by atoms with van der Waals surface area (Å²) in [6, 6.07) is 5.38. The van der Waals surface area contributed by atoms with Crippen LogP contribution >= 0.6 is 0 Å². The molecule has 1 aliphatic heterocycles. The number of aliphatic hydroxyl groups is 1. The zero-order chi connectivity index (χ0) is 19.5. The fraction of sp³-hybridized carbons (Fsp3) is 0.450. The first-order valence-corrected chi connectivity index (χ1v) is 9.63. The average molecular weight is 385 g/mol. The Morgan fingerprint density at radius 3 is 2.57 bits per heavy atom. The topological polar surface area (TPSA) is 98.6 Å². The van der Waals surface area contributed by atoms with Crippen molar-refractivity contribution in [2.24, 2.45) is 0 Å². The van der Waals surface area contributed by atoms with Crippen LogP contribution in [0.15, 0.2) is 30.6 Å². The maximum Gasteiger partial charge on any atom is 0.238 e. The average Bonchev–Trinajstić information content (AvgIpc) is 2.98. The molecule has 7 nitrogen and oxygen atoms in total. The second-order valence-electron chi connectivity index (χ2n) is 7.27. The molecule has 2 fully saturated rings. The van der Waals surface area contributed by atoms with Gasteiger partial charge in [-0.05, 0) is 43.2 Å². The van der Waals surface area contributed by atoms with E-state index in [1.54, 1.807) is 0 Å². The minimum absolute atomic E-state index is 0.102. The van der Waals surface area contributed by atoms with Gasteiger partial charge in [0.2, 0.25) is 5.95 Å². The summed E-state index contributed by atoms with van der Waals surface area (Å²) >= 11 is 0. The second kappa shape index (κ2) is 8.20. The van der Waals surface area contributed by atoms with Gasteiger partial charge >= 0.3 is 0 Å². The van der Waals surface area contributed by atoms with Crippen molar-refractivity contribution < 1.29 is 14.2 Å². The SMILES string of the molecule is Nc1ncc2c(F)cc(-c3ccc(C4CCC4)cn3)n2n1.OC1CCCOC1. The van der Waals surface area contributed by atoms with Gasteiger partial charge in [0.05, 0.1) is 30.3 Å². The molecule has 3 aromatic rings. The molecule has 0 radical (unpaired) electrons. The molecule has 1 unspecified atom stereocenters. The first-order valence-electron chi connectivity index (χ1n) is 9.63. The van der Waals surface area contributed by atoms with E-state index in [2.05, 4.69) is 21.1 Å². The molecule has 0 bridgehead atoms. The van der Waals surface area contributed by atoms with Gasteiger partial charge in [-0.2, -0.15) is 0 Å². The van der Waals surface area contributed by atoms with Crippen LogP contribution in [0.3, 0.4) is 0 Å². The van der Waals surface area contributed by atoms with Crippen LogP contribution in [0.5, 0.6) is 0 Å². The fourth-order valence-electron chi connectivity index (χ4n) is 3.41. The monoisotopic (exact) mass is 385 g/mol. The normalized spacial score (nSPS) is 19.7. The standard InChI is InChI=1S/C15H14FN5.C5H10O2/c16-11-6-13(21-14(11)8-19-15(17)20-21)12-5-4-10(7-18-12)9-2-1-3-9;6-5-2-1-3-7-4-5/h4-9H,1-3H2,(H2,17,20);5-6H,1-4H2. The van der Waals surface area contributed by atoms with Crippen LogP contribution in [0.25, 0.3) is 16.9 Å². The number of aromatic nitrogens is 4. The molecule has 1 aliphatic carbocycles. The molecule has 2 aliphatic rings. The summed E-state index contributed by atoms with van der Waals surface area (Å²) in [5.41, 5.74) is 8.39. The van der Waals surface area contributed by atoms with E-state index in [9.17, 15) is 4.39 Å². The van der Waals surface area contributed by atoms with Gasteiger partial charge in [-0.3, -0.25) is 4.98 Å². The number of fused-ring (bicyclic) bond motifs is 1. The summed E-state index contributed by atoms with van der Waals surface area (Å²) in [6.07, 6.45) is 8.75. The van der Waals surface area contributed by atoms with E-state index in [1.165, 1.54) is 41.6 Å². The number of hydrogen-bond acceptors (Lipinski definition) is 6. The number of ether oxygens (including phenoxy) is 1. The van der Waals surface area contributed by atoms with E-state index in [1.807, 2.05) is 12.3 Å². The molecule has 1 saturated carbocycles. The Bertz CT molecular complexity index is 934. The number of rotatable bonds is 2. The molecule has 0 spiro atoms. The fourth-order valence-corrected chi connectivity index (χ4v) is 3.41. The lowest BCUT2D eigenvalue weighted by Gasteiger charge is -2.25. The minimum Gasteiger partial charge on any atom is -0.391 e. The number of anilines is 1. The van der Waals surface area contributed by atoms with Crippen LogP contribution in [-0.4, -0.2) is 44.0 Å². The van der Waals surface area contributed by atoms with Crippen LogP contribution in [0, 0.1) is 5.82 Å². The van der Waals surface area contributed by atoms with Crippen LogP contribution in [-0.2, 0) is 4.74 Å². The molecule has 4 heterocycles. The van der Waals surface area contributed by atoms with E-state index < -0.39 is 0 Å². The van der Waals surface area contributed by atoms with Crippen molar-refractivity contribution in [1.82, 2.24) is 19.6 Å². The molecule has 8 heteroatoms. The number of aliphatic hydroxyl groups excluding tert-OH is 1. The number of halogens is 1. The van der Waals surface area contributed by atoms with Gasteiger partial charge in [-0.25, -0.2) is 13.9 Å². The smallest absolute Gasteiger partial charge is 0.238 e. The predicted molar refractivity (Wildman–Crippen MR) is 103 cm³/mol. The Kier molecular flexibility index (Phi) is 5.50. The summed E-state index contributed by atoms with van der Waals surface area (Å²) < 4.78 is 20.3. The highest BCUT2D eigenvalue weighted by molar-refractivity contribution is 5.64. The zero-order valence-corrected chi connectivity index (χ0v) is 15.6. The number of hydrogen-bond donors (Lipinski definition) is 2. The number of nitrogens with two attached hydrogens (primary N) is 1. The molecule has 1 saturated heterocycles. The van der Waals surface area contributed by atoms with Crippen molar-refractivity contribution in [3.05, 3.63) is 42.0 Å². The van der Waals surface area contributed by atoms with Crippen LogP contribution in [0.2, 0.25) is 0 Å². The Morgan fingerprint density at radius 1 is 1.14 bits per heavy atom. The van der Waals surface area contributed by atoms with Crippen LogP contribution < -0.4 is 5.73 Å². The van der Waals surface area contributed by atoms with Gasteiger partial charge in [0.25, 0.3) is 0 Å². The van der Waals surface area contributed by atoms with Crippen LogP contribution in [0.1, 0.15) is 43.6 Å². The summed E-state index contributed by atoms with van der Waals surface area (Å²) in [5.74, 6) is 0.352. The number of nitrogens with zero attached hydrogens (tertiary/aromatic N) is 4. The first kappa shape index (κ1) is 18.8. The van der Waals surface area contributed by atoms with E-state index in [0.717, 1.165) is 19.4 Å². The van der Waals surface area contributed by atoms with Gasteiger partial charge in [0.15, 0.2) is 5.82 Å². The van der Waals surface area contributed by atoms with Crippen molar-refractivity contribution in [3.63, 3.8) is 0 Å². The first-order chi connectivity index (χ1) is 13.6. The van der Waals surface area contributed by atoms with Crippen molar-refractivity contribution >= 4 is 11.5 Å². The highest BCUT2D eigenvalue weighted by Crippen LogP contribution is 2.36. The molecule has 148 valence electrons. The second-order valence-corrected chi connectivity index (χ2v) is 7.27. The molecular formula is C20H24FN5O2. The lowest BCUT2D eigenvalue weighted by atomic mass is 9.81. The van der Waals surface area contributed by atoms with E-state index >= 15 is 0 Å². The van der Waals surface area contributed by atoms with E-state index in [0.29, 0.717) is 29.4 Å². The van der Waals surface area contributed by atoms with Crippen molar-refractivity contribution in [2.75, 3.05) is 18.9 Å². The Hall–Kier alpha value is -2.58. The molecule has 5 rings (SSSR count). The van der Waals surface area contributed by atoms with Gasteiger partial charge in [-0.15, -0.1) is 5.10 Å². The predicted octanol–water partition coefficient (Wildman–Crippen LogP) is 2.94. The summed E-state index contributed by atoms with van der Waals surface area (Å²) in [7, 11) is 0. The Labute approximate surface area is 162 Å². The molecule has 3 aromatic heterocycles. The summed E-state index contributed by atoms with van der Waals surface area (Å²) in [5, 5.41) is 12.8. The molecule has 3 N–H and O–H groups in total. The van der Waals surface area contributed by atoms with Gasteiger partial charge in [-0.1, -0.05) is 12.5 Å². The van der Waals surface area contributed by atoms with Crippen molar-refractivity contribution in [3.8, 4) is 11.4 Å². The molecule has 0 amide bonds. The Morgan fingerprint density at radius 2 is 2.00 bits per heavy atom. The maximum absolute atomic E-state index is 13.9. The molecule has 28 heavy (non-hydrogen) atoms. The quantitative estimate of drug-likeness (QED) is 0.704. The van der Waals surface area contributed by atoms with Crippen molar-refractivity contribution in [1.29, 1.82) is 0 Å². The number of pyridine rings is 1. The van der Waals surface area contributed by atoms with Crippen LogP contribution in [0.4, 0.5) is 10.3 Å². The third kappa shape index (κ3) is 3.98. The third-order valence-electron chi connectivity index (χ3n) is 5.25. The highest BCUT2D eigenvalue weighted by atomic mass is 19.1. The lowest BCUT2D eigenvalue weighted by Crippen LogP contribution is -2.21. The summed E-state index contributed by atoms with van der Waals surface area (Å²) in [4.78, 5) is 8.27. The minimum atomic E-state index is -0.380. The Balaban J connectivity index is 0.000000233. The molecular weight excluding hydrogens is 361 g/mol. The highest BCUT2D eigenvalue weighted by Gasteiger charge is 2.20. The molecule has 0 aromatic carbocycles. The summed E-state index contributed by atoms with van der Waals surface area (Å²) in [6.45, 7) is 1.37. The largest absolute Gasteiger partial charge is 0.391 e. The van der Waals surface area contributed by atoms with Gasteiger partial charge in [0.1, 0.15) is 5.52 Å². The molecule has 1 atom stereocenters. The van der Waals surface area contributed by atoms with Gasteiger partial charge < -0.3 is 15.6 Å². The van der Waals surface area contributed by atoms with Crippen molar-refractivity contribution in [2.45, 2.75) is 44.1 Å². The number of nitrogen functional groups attached to an aromatic ring is 1. The van der Waals surface area contributed by atoms with Gasteiger partial charge in [0, 0.05) is 18.9 Å². The maximum atomic E-state index is 13.9. The zero-order valence-electron chi connectivity index (χ0n) is 15.6. The van der Waals surface area contributed by atoms with E-state index in [-0.39, 0.29) is 17.9 Å². The third-order valence-corrected chi connectivity index (χ3v) is 5.25. The van der Waals surface area contributed by atoms with E-state index in [4.69, 9.17) is 15.6 Å². The lowest BCUT2D eigenvalue weighted by molar-refractivity contribution is -0.00535.